The van der Waals surface area contributed by atoms with Crippen molar-refractivity contribution in [2.24, 2.45) is 34.5 Å². The van der Waals surface area contributed by atoms with Gasteiger partial charge in [0.25, 0.3) is 0 Å². The van der Waals surface area contributed by atoms with Gasteiger partial charge in [-0.15, -0.1) is 0 Å². The molecule has 5 aliphatic rings. The first kappa shape index (κ1) is 86.7. The molecule has 4 heterocycles. The Bertz CT molecular complexity index is 3760. The van der Waals surface area contributed by atoms with Crippen LogP contribution in [0.2, 0.25) is 0 Å². The van der Waals surface area contributed by atoms with Gasteiger partial charge in [-0.3, -0.25) is 38.4 Å². The van der Waals surface area contributed by atoms with E-state index < -0.39 is 158 Å². The largest absolute Gasteiger partial charge is 0.497 e. The van der Waals surface area contributed by atoms with Crippen LogP contribution in [0.25, 0.3) is 21.5 Å². The molecule has 3 saturated carbocycles. The van der Waals surface area contributed by atoms with Gasteiger partial charge >= 0.3 is 11.9 Å². The molecule has 0 radical (unpaired) electrons. The topological polar surface area (TPSA) is 380 Å². The first-order chi connectivity index (χ1) is 46.4. The number of Topliss-reactive ketones (excluding diaryl/α,β-unsaturated/α-hetero) is 2. The summed E-state index contributed by atoms with van der Waals surface area (Å²) >= 11 is 0. The molecule has 5 fully saturated rings. The minimum Gasteiger partial charge on any atom is -0.497 e. The van der Waals surface area contributed by atoms with Crippen molar-refractivity contribution in [3.63, 3.8) is 0 Å². The summed E-state index contributed by atoms with van der Waals surface area (Å²) < 4.78 is 85.7. The molecule has 29 heteroatoms. The van der Waals surface area contributed by atoms with Crippen molar-refractivity contribution in [2.45, 2.75) is 232 Å². The minimum absolute atomic E-state index is 0. The van der Waals surface area contributed by atoms with Crippen LogP contribution in [0.4, 0.5) is 0 Å². The van der Waals surface area contributed by atoms with Crippen LogP contribution in [-0.2, 0) is 87.9 Å². The number of hydrogen-bond acceptors (Lipinski definition) is 20. The van der Waals surface area contributed by atoms with Crippen molar-refractivity contribution in [3.05, 3.63) is 60.9 Å². The predicted molar refractivity (Wildman–Crippen MR) is 384 cm³/mol. The normalized spacial score (nSPS) is 23.0. The van der Waals surface area contributed by atoms with E-state index in [0.717, 1.165) is 21.5 Å². The molecule has 2 aromatic heterocycles. The van der Waals surface area contributed by atoms with Crippen molar-refractivity contribution in [1.29, 1.82) is 0 Å². The van der Waals surface area contributed by atoms with E-state index >= 15 is 0 Å². The maximum atomic E-state index is 14.5. The molecule has 6 N–H and O–H groups in total. The number of ketones is 2. The molecule has 3 aliphatic carbocycles. The van der Waals surface area contributed by atoms with Gasteiger partial charge in [0.05, 0.1) is 62.5 Å². The Labute approximate surface area is 619 Å². The monoisotopic (exact) mass is 1570 g/mol. The van der Waals surface area contributed by atoms with Gasteiger partial charge in [-0.05, 0) is 163 Å². The number of nitrogens with one attached hydrogen (secondary N) is 2. The fourth-order valence-electron chi connectivity index (χ4n) is 13.5. The van der Waals surface area contributed by atoms with Gasteiger partial charge in [0.1, 0.15) is 69.6 Å². The van der Waals surface area contributed by atoms with Gasteiger partial charge < -0.3 is 59.8 Å². The Morgan fingerprint density at radius 3 is 1.25 bits per heavy atom. The standard InChI is InChI=1S/C37H51N3O9S.C37H53N3O9S.2H2O.Pd/c1-9-23-19-37(23,30(41)21-50(45,46)26-11-12-26)39-32(43)29-17-25(48-33-27-13-10-24(47-8)16-22(27)14-15-38-33)20-40(29)34(44)28(35(2,3)4)18-31(42)49-36(5,6)7;1-11-24-19-37(24,30(41)21-50(45,46)22(2)3)39-32(43)29-17-26(48-33-27-13-12-25(47-10)16-23(27)14-15-38-33)20-40(29)34(44)28(35(4,5)6)18-31(42)49-36(7,8)9;;;/h10,13-16,23,25-26,28-29H,9,11-12,17-21H2,1-8H3,(H,39,43);12-16,22,24,26,28-29H,11,17-21H2,1-10H3,(H,39,43);2*1H2;/t23-,25-,28-,29+,37-;24-,26-,28-,29+,37-;;;/m11.../s1. The maximum absolute atomic E-state index is 14.5. The third-order valence-electron chi connectivity index (χ3n) is 19.7. The van der Waals surface area contributed by atoms with Crippen LogP contribution in [0.1, 0.15) is 175 Å². The second kappa shape index (κ2) is 33.3. The van der Waals surface area contributed by atoms with Crippen molar-refractivity contribution in [1.82, 2.24) is 30.4 Å². The van der Waals surface area contributed by atoms with Crippen LogP contribution < -0.4 is 29.6 Å². The summed E-state index contributed by atoms with van der Waals surface area (Å²) in [5.41, 5.74) is -5.51. The fourth-order valence-corrected chi connectivity index (χ4v) is 16.2. The van der Waals surface area contributed by atoms with E-state index in [4.69, 9.17) is 28.4 Å². The number of fused-ring (bicyclic) bond motifs is 2. The van der Waals surface area contributed by atoms with Crippen molar-refractivity contribution >= 4 is 88.4 Å². The zero-order valence-corrected chi connectivity index (χ0v) is 65.9. The molecule has 10 atom stereocenters. The quantitative estimate of drug-likeness (QED) is 0.0455. The summed E-state index contributed by atoms with van der Waals surface area (Å²) in [6, 6.07) is 12.5. The van der Waals surface area contributed by atoms with E-state index in [0.29, 0.717) is 61.8 Å². The average Bonchev–Trinajstić information content (AvgIpc) is 1.58. The summed E-state index contributed by atoms with van der Waals surface area (Å²) in [5.74, 6) is -5.52. The molecule has 4 aromatic rings. The first-order valence-electron chi connectivity index (χ1n) is 34.8. The Morgan fingerprint density at radius 1 is 0.573 bits per heavy atom. The number of methoxy groups -OCH3 is 2. The molecule has 9 rings (SSSR count). The van der Waals surface area contributed by atoms with Gasteiger partial charge in [-0.1, -0.05) is 68.2 Å². The number of rotatable bonds is 26. The van der Waals surface area contributed by atoms with Crippen LogP contribution in [0.5, 0.6) is 23.3 Å². The Balaban J connectivity index is 0.000000360. The molecular formula is C74H108N6O20PdS2. The number of pyridine rings is 2. The van der Waals surface area contributed by atoms with Gasteiger partial charge in [0.15, 0.2) is 31.2 Å². The summed E-state index contributed by atoms with van der Waals surface area (Å²) in [7, 11) is -4.16. The SMILES string of the molecule is CC[C@@H]1C[C@]1(NC(=O)[C@@H]1C[C@@H](Oc2nccc3cc(OC)ccc23)CN1C(=O)[C@@H](CC(=O)OC(C)(C)C)C(C)(C)C)C(=O)CS(=O)(=O)C(C)C.CC[C@@H]1C[C@]1(NC(=O)[C@@H]1C[C@@H](Oc2nccc3cc(OC)ccc23)CN1C(=O)[C@@H](CC(=O)OC(C)(C)C)C(C)(C)C)C(=O)CS(=O)(=O)C1CC1.O.O.[Pd]. The van der Waals surface area contributed by atoms with Gasteiger partial charge in [-0.2, -0.15) is 0 Å². The number of ether oxygens (including phenoxy) is 6. The average molecular weight is 1570 g/mol. The Kier molecular flexibility index (Phi) is 28.0. The zero-order valence-electron chi connectivity index (χ0n) is 62.7. The molecule has 2 aromatic carbocycles. The number of likely N-dealkylation sites (tertiary alicyclic amines) is 2. The smallest absolute Gasteiger partial charge is 0.307 e. The number of sulfone groups is 2. The first-order valence-corrected chi connectivity index (χ1v) is 38.2. The number of benzene rings is 2. The number of carbonyl (C=O) groups excluding carboxylic acids is 8. The van der Waals surface area contributed by atoms with Crippen LogP contribution in [0.15, 0.2) is 60.9 Å². The van der Waals surface area contributed by atoms with Crippen molar-refractivity contribution in [3.8, 4) is 23.3 Å². The van der Waals surface area contributed by atoms with Crippen molar-refractivity contribution < 1.29 is 115 Å². The van der Waals surface area contributed by atoms with E-state index in [1.165, 1.54) is 23.6 Å². The van der Waals surface area contributed by atoms with E-state index in [9.17, 15) is 55.2 Å². The molecule has 0 spiro atoms. The summed E-state index contributed by atoms with van der Waals surface area (Å²) in [6.45, 7) is 28.5. The predicted octanol–water partition coefficient (Wildman–Crippen LogP) is 7.43. The zero-order chi connectivity index (χ0) is 74.2. The molecule has 0 bridgehead atoms. The van der Waals surface area contributed by atoms with E-state index in [2.05, 4.69) is 20.6 Å². The van der Waals surface area contributed by atoms with E-state index in [1.807, 2.05) is 91.8 Å². The van der Waals surface area contributed by atoms with Crippen molar-refractivity contribution in [2.75, 3.05) is 38.8 Å². The summed E-state index contributed by atoms with van der Waals surface area (Å²) in [5, 5.41) is 7.70. The van der Waals surface area contributed by atoms with E-state index in [-0.39, 0.29) is 82.0 Å². The molecule has 576 valence electrons. The third-order valence-corrected chi connectivity index (χ3v) is 23.9. The Hall–Kier alpha value is -6.90. The summed E-state index contributed by atoms with van der Waals surface area (Å²) in [6.07, 6.45) is 4.57. The van der Waals surface area contributed by atoms with Crippen LogP contribution in [0, 0.1) is 34.5 Å². The number of carbonyl (C=O) groups is 8. The van der Waals surface area contributed by atoms with Crippen LogP contribution in [0.3, 0.4) is 0 Å². The Morgan fingerprint density at radius 2 is 0.942 bits per heavy atom. The van der Waals surface area contributed by atoms with Gasteiger partial charge in [0, 0.05) is 56.4 Å². The fraction of sp³-hybridized carbons (Fsp3) is 0.649. The molecule has 103 heavy (non-hydrogen) atoms. The second-order valence-corrected chi connectivity index (χ2v) is 36.9. The molecule has 4 amide bonds. The number of nitrogens with zero attached hydrogens (tertiary/aromatic N) is 4. The molecular weight excluding hydrogens is 1460 g/mol. The minimum atomic E-state index is -3.71. The van der Waals surface area contributed by atoms with Crippen LogP contribution in [-0.4, -0.2) is 191 Å². The molecule has 2 saturated heterocycles. The number of aromatic nitrogens is 2. The number of esters is 2. The van der Waals surface area contributed by atoms with Gasteiger partial charge in [0.2, 0.25) is 35.4 Å². The third kappa shape index (κ3) is 21.0. The molecule has 26 nitrogen and oxygen atoms in total. The summed E-state index contributed by atoms with van der Waals surface area (Å²) in [4.78, 5) is 123. The number of amides is 4. The van der Waals surface area contributed by atoms with Crippen LogP contribution >= 0.6 is 0 Å². The van der Waals surface area contributed by atoms with E-state index in [1.54, 1.807) is 80.3 Å². The number of hydrogen-bond donors (Lipinski definition) is 2. The second-order valence-electron chi connectivity index (χ2n) is 32.0. The molecule has 0 unspecified atom stereocenters. The molecule has 2 aliphatic heterocycles. The maximum Gasteiger partial charge on any atom is 0.307 e. The van der Waals surface area contributed by atoms with Gasteiger partial charge in [-0.25, -0.2) is 26.8 Å².